The van der Waals surface area contributed by atoms with E-state index in [0.29, 0.717) is 6.54 Å². The molecule has 1 N–H and O–H groups in total. The maximum absolute atomic E-state index is 11.3. The Labute approximate surface area is 137 Å². The van der Waals surface area contributed by atoms with E-state index in [0.717, 1.165) is 24.3 Å². The van der Waals surface area contributed by atoms with Crippen molar-refractivity contribution < 1.29 is 5.11 Å². The van der Waals surface area contributed by atoms with Crippen molar-refractivity contribution in [1.82, 2.24) is 9.55 Å². The summed E-state index contributed by atoms with van der Waals surface area (Å²) in [6.45, 7) is 5.09. The molecule has 1 saturated carbocycles. The molecule has 2 aromatic rings. The molecule has 1 fully saturated rings. The van der Waals surface area contributed by atoms with Gasteiger partial charge in [-0.2, -0.15) is 0 Å². The van der Waals surface area contributed by atoms with Crippen LogP contribution in [0.4, 0.5) is 0 Å². The standard InChI is InChI=1S/C18H23ClN2O/c1-17(2)10-15(9-14-3-5-16(19)6-4-14)18(22,11-17)12-21-8-7-20-13-21/h3-8,13,15,22H,9-12H2,1-2H3. The van der Waals surface area contributed by atoms with Gasteiger partial charge in [0.05, 0.1) is 18.5 Å². The molecule has 0 bridgehead atoms. The Balaban J connectivity index is 1.81. The monoisotopic (exact) mass is 318 g/mol. The molecule has 1 aliphatic carbocycles. The van der Waals surface area contributed by atoms with Gasteiger partial charge in [0.2, 0.25) is 0 Å². The fourth-order valence-corrected chi connectivity index (χ4v) is 4.08. The van der Waals surface area contributed by atoms with E-state index in [-0.39, 0.29) is 11.3 Å². The van der Waals surface area contributed by atoms with Crippen LogP contribution in [-0.4, -0.2) is 20.3 Å². The van der Waals surface area contributed by atoms with E-state index in [2.05, 4.69) is 31.0 Å². The Morgan fingerprint density at radius 1 is 1.32 bits per heavy atom. The number of imidazole rings is 1. The zero-order chi connectivity index (χ0) is 15.8. The van der Waals surface area contributed by atoms with Crippen LogP contribution < -0.4 is 0 Å². The molecular formula is C18H23ClN2O. The molecule has 1 aliphatic rings. The maximum atomic E-state index is 11.3. The first-order valence-electron chi connectivity index (χ1n) is 7.79. The Morgan fingerprint density at radius 2 is 2.05 bits per heavy atom. The lowest BCUT2D eigenvalue weighted by Gasteiger charge is -2.31. The molecule has 118 valence electrons. The number of rotatable bonds is 4. The largest absolute Gasteiger partial charge is 0.388 e. The smallest absolute Gasteiger partial charge is 0.0946 e. The Bertz CT molecular complexity index is 621. The molecule has 1 aromatic heterocycles. The third-order valence-electron chi connectivity index (χ3n) is 4.75. The first kappa shape index (κ1) is 15.6. The summed E-state index contributed by atoms with van der Waals surface area (Å²) in [5, 5.41) is 12.1. The van der Waals surface area contributed by atoms with Gasteiger partial charge in [-0.1, -0.05) is 37.6 Å². The van der Waals surface area contributed by atoms with E-state index in [1.165, 1.54) is 5.56 Å². The van der Waals surface area contributed by atoms with E-state index >= 15 is 0 Å². The number of aromatic nitrogens is 2. The fraction of sp³-hybridized carbons (Fsp3) is 0.500. The number of hydrogen-bond donors (Lipinski definition) is 1. The summed E-state index contributed by atoms with van der Waals surface area (Å²) in [6, 6.07) is 7.97. The molecular weight excluding hydrogens is 296 g/mol. The van der Waals surface area contributed by atoms with Gasteiger partial charge in [-0.25, -0.2) is 4.98 Å². The molecule has 22 heavy (non-hydrogen) atoms. The van der Waals surface area contributed by atoms with Gasteiger partial charge < -0.3 is 9.67 Å². The second-order valence-corrected chi connectivity index (χ2v) is 7.85. The minimum absolute atomic E-state index is 0.159. The van der Waals surface area contributed by atoms with Crippen molar-refractivity contribution in [2.24, 2.45) is 11.3 Å². The number of benzene rings is 1. The summed E-state index contributed by atoms with van der Waals surface area (Å²) >= 11 is 5.96. The maximum Gasteiger partial charge on any atom is 0.0946 e. The third-order valence-corrected chi connectivity index (χ3v) is 5.01. The van der Waals surface area contributed by atoms with E-state index in [4.69, 9.17) is 11.6 Å². The predicted molar refractivity (Wildman–Crippen MR) is 88.8 cm³/mol. The molecule has 3 rings (SSSR count). The zero-order valence-electron chi connectivity index (χ0n) is 13.2. The summed E-state index contributed by atoms with van der Waals surface area (Å²) in [4.78, 5) is 4.09. The normalized spacial score (nSPS) is 27.2. The minimum atomic E-state index is -0.691. The average Bonchev–Trinajstić information content (AvgIpc) is 2.99. The van der Waals surface area contributed by atoms with Crippen molar-refractivity contribution >= 4 is 11.6 Å². The van der Waals surface area contributed by atoms with Gasteiger partial charge in [0.15, 0.2) is 0 Å². The van der Waals surface area contributed by atoms with Crippen LogP contribution in [0.25, 0.3) is 0 Å². The van der Waals surface area contributed by atoms with Crippen LogP contribution >= 0.6 is 11.6 Å². The van der Waals surface area contributed by atoms with E-state index in [1.807, 2.05) is 22.9 Å². The topological polar surface area (TPSA) is 38.0 Å². The Hall–Kier alpha value is -1.32. The van der Waals surface area contributed by atoms with E-state index in [1.54, 1.807) is 12.5 Å². The number of nitrogens with zero attached hydrogens (tertiary/aromatic N) is 2. The van der Waals surface area contributed by atoms with Gasteiger partial charge >= 0.3 is 0 Å². The van der Waals surface area contributed by atoms with Crippen molar-refractivity contribution in [3.8, 4) is 0 Å². The molecule has 0 aliphatic heterocycles. The number of halogens is 1. The molecule has 0 amide bonds. The Morgan fingerprint density at radius 3 is 2.68 bits per heavy atom. The van der Waals surface area contributed by atoms with Crippen molar-refractivity contribution in [3.05, 3.63) is 53.6 Å². The average molecular weight is 319 g/mol. The first-order valence-corrected chi connectivity index (χ1v) is 8.17. The second kappa shape index (κ2) is 5.71. The SMILES string of the molecule is CC1(C)CC(Cc2ccc(Cl)cc2)C(O)(Cn2ccnc2)C1. The Kier molecular flexibility index (Phi) is 4.04. The van der Waals surface area contributed by atoms with Crippen molar-refractivity contribution in [2.75, 3.05) is 0 Å². The van der Waals surface area contributed by atoms with Crippen LogP contribution in [0.15, 0.2) is 43.0 Å². The fourth-order valence-electron chi connectivity index (χ4n) is 3.95. The van der Waals surface area contributed by atoms with E-state index in [9.17, 15) is 5.11 Å². The first-order chi connectivity index (χ1) is 10.4. The lowest BCUT2D eigenvalue weighted by Crippen LogP contribution is -2.39. The van der Waals surface area contributed by atoms with Crippen molar-refractivity contribution in [3.63, 3.8) is 0 Å². The summed E-state index contributed by atoms with van der Waals surface area (Å²) in [7, 11) is 0. The third kappa shape index (κ3) is 3.36. The highest BCUT2D eigenvalue weighted by molar-refractivity contribution is 6.30. The molecule has 2 atom stereocenters. The van der Waals surface area contributed by atoms with Gasteiger partial charge in [0, 0.05) is 17.4 Å². The summed E-state index contributed by atoms with van der Waals surface area (Å²) < 4.78 is 1.98. The second-order valence-electron chi connectivity index (χ2n) is 7.41. The highest BCUT2D eigenvalue weighted by Gasteiger charge is 2.49. The minimum Gasteiger partial charge on any atom is -0.388 e. The summed E-state index contributed by atoms with van der Waals surface area (Å²) in [5.41, 5.74) is 0.701. The van der Waals surface area contributed by atoms with Gasteiger partial charge in [-0.3, -0.25) is 0 Å². The van der Waals surface area contributed by atoms with E-state index < -0.39 is 5.60 Å². The number of aliphatic hydroxyl groups is 1. The van der Waals surface area contributed by atoms with Crippen molar-refractivity contribution in [1.29, 1.82) is 0 Å². The molecule has 1 aromatic carbocycles. The van der Waals surface area contributed by atoms with Gasteiger partial charge in [-0.15, -0.1) is 0 Å². The molecule has 2 unspecified atom stereocenters. The molecule has 0 saturated heterocycles. The molecule has 4 heteroatoms. The lowest BCUT2D eigenvalue weighted by atomic mass is 9.85. The highest BCUT2D eigenvalue weighted by Crippen LogP contribution is 2.49. The van der Waals surface area contributed by atoms with Crippen LogP contribution in [0.3, 0.4) is 0 Å². The highest BCUT2D eigenvalue weighted by atomic mass is 35.5. The van der Waals surface area contributed by atoms with Crippen LogP contribution in [-0.2, 0) is 13.0 Å². The van der Waals surface area contributed by atoms with Crippen LogP contribution in [0.1, 0.15) is 32.3 Å². The molecule has 1 heterocycles. The zero-order valence-corrected chi connectivity index (χ0v) is 13.9. The van der Waals surface area contributed by atoms with Crippen molar-refractivity contribution in [2.45, 2.75) is 45.3 Å². The van der Waals surface area contributed by atoms with Gasteiger partial charge in [0.25, 0.3) is 0 Å². The van der Waals surface area contributed by atoms with Gasteiger partial charge in [-0.05, 0) is 48.3 Å². The number of hydrogen-bond acceptors (Lipinski definition) is 2. The van der Waals surface area contributed by atoms with Crippen LogP contribution in [0.5, 0.6) is 0 Å². The molecule has 0 radical (unpaired) electrons. The lowest BCUT2D eigenvalue weighted by molar-refractivity contribution is -0.0177. The molecule has 0 spiro atoms. The van der Waals surface area contributed by atoms with Crippen LogP contribution in [0.2, 0.25) is 5.02 Å². The predicted octanol–water partition coefficient (Wildman–Crippen LogP) is 3.95. The summed E-state index contributed by atoms with van der Waals surface area (Å²) in [6.07, 6.45) is 8.19. The molecule has 3 nitrogen and oxygen atoms in total. The summed E-state index contributed by atoms with van der Waals surface area (Å²) in [5.74, 6) is 0.242. The quantitative estimate of drug-likeness (QED) is 0.927. The van der Waals surface area contributed by atoms with Crippen LogP contribution in [0, 0.1) is 11.3 Å². The van der Waals surface area contributed by atoms with Gasteiger partial charge in [0.1, 0.15) is 0 Å².